The monoisotopic (exact) mass is 343 g/mol. The Bertz CT molecular complexity index is 657. The molecule has 2 aromatic carbocycles. The van der Waals surface area contributed by atoms with Crippen molar-refractivity contribution in [3.05, 3.63) is 59.7 Å². The van der Waals surface area contributed by atoms with Crippen molar-refractivity contribution in [1.82, 2.24) is 10.9 Å². The zero-order valence-electron chi connectivity index (χ0n) is 14.6. The molecule has 0 spiro atoms. The molecule has 0 unspecified atom stereocenters. The van der Waals surface area contributed by atoms with Crippen LogP contribution in [0.5, 0.6) is 5.75 Å². The van der Waals surface area contributed by atoms with Crippen LogP contribution < -0.4 is 21.3 Å². The van der Waals surface area contributed by atoms with Gasteiger partial charge >= 0.3 is 0 Å². The molecule has 0 bridgehead atoms. The van der Waals surface area contributed by atoms with Crippen LogP contribution in [0.3, 0.4) is 0 Å². The third-order valence-electron chi connectivity index (χ3n) is 3.24. The molecule has 0 aromatic heterocycles. The number of amides is 1. The fourth-order valence-corrected chi connectivity index (χ4v) is 1.84. The van der Waals surface area contributed by atoms with E-state index in [2.05, 4.69) is 17.8 Å². The molecule has 0 aliphatic rings. The van der Waals surface area contributed by atoms with E-state index >= 15 is 0 Å². The number of hydrogen-bond acceptors (Lipinski definition) is 5. The lowest BCUT2D eigenvalue weighted by Crippen LogP contribution is -2.33. The van der Waals surface area contributed by atoms with Gasteiger partial charge in [0.1, 0.15) is 5.75 Å². The first-order chi connectivity index (χ1) is 12.1. The van der Waals surface area contributed by atoms with Gasteiger partial charge in [-0.2, -0.15) is 0 Å². The Balaban J connectivity index is 0.000000293. The molecule has 0 saturated carbocycles. The van der Waals surface area contributed by atoms with Crippen LogP contribution in [-0.2, 0) is 0 Å². The van der Waals surface area contributed by atoms with Gasteiger partial charge in [0.25, 0.3) is 5.91 Å². The van der Waals surface area contributed by atoms with Gasteiger partial charge in [-0.25, -0.2) is 5.43 Å². The number of rotatable bonds is 7. The fourth-order valence-electron chi connectivity index (χ4n) is 1.84. The maximum absolute atomic E-state index is 11.4. The van der Waals surface area contributed by atoms with Crippen molar-refractivity contribution in [2.75, 3.05) is 19.4 Å². The van der Waals surface area contributed by atoms with Crippen molar-refractivity contribution in [3.63, 3.8) is 0 Å². The third-order valence-corrected chi connectivity index (χ3v) is 3.24. The van der Waals surface area contributed by atoms with E-state index in [0.717, 1.165) is 31.5 Å². The molecule has 25 heavy (non-hydrogen) atoms. The topological polar surface area (TPSA) is 93.4 Å². The Morgan fingerprint density at radius 2 is 1.84 bits per heavy atom. The largest absolute Gasteiger partial charge is 0.494 e. The van der Waals surface area contributed by atoms with Crippen LogP contribution in [0.2, 0.25) is 0 Å². The molecule has 0 fully saturated rings. The quantitative estimate of drug-likeness (QED) is 0.311. The molecule has 1 amide bonds. The number of nitrogen functional groups attached to an aromatic ring is 1. The third kappa shape index (κ3) is 7.50. The van der Waals surface area contributed by atoms with Gasteiger partial charge in [0, 0.05) is 23.9 Å². The van der Waals surface area contributed by atoms with E-state index in [4.69, 9.17) is 10.5 Å². The predicted molar refractivity (Wildman–Crippen MR) is 99.6 cm³/mol. The molecule has 0 aliphatic carbocycles. The maximum atomic E-state index is 11.4. The number of carbonyl (C=O) groups is 2. The lowest BCUT2D eigenvalue weighted by Gasteiger charge is -2.06. The van der Waals surface area contributed by atoms with E-state index in [0.29, 0.717) is 16.8 Å². The molecule has 0 radical (unpaired) electrons. The molecule has 6 nitrogen and oxygen atoms in total. The molecule has 0 heterocycles. The summed E-state index contributed by atoms with van der Waals surface area (Å²) in [5.74, 6) is 0.650. The minimum absolute atomic E-state index is 0.150. The van der Waals surface area contributed by atoms with Crippen LogP contribution >= 0.6 is 0 Å². The SMILES string of the molecule is CCCCOc1ccc(C(=O)NNC)cc1.Nc1ccccc1C=O. The van der Waals surface area contributed by atoms with Crippen LogP contribution in [0.15, 0.2) is 48.5 Å². The summed E-state index contributed by atoms with van der Waals surface area (Å²) in [5, 5.41) is 0. The Kier molecular flexibility index (Phi) is 9.40. The van der Waals surface area contributed by atoms with Gasteiger partial charge in [0.15, 0.2) is 6.29 Å². The number of para-hydroxylation sites is 1. The van der Waals surface area contributed by atoms with Crippen molar-refractivity contribution in [2.24, 2.45) is 0 Å². The molecule has 4 N–H and O–H groups in total. The Labute approximate surface area is 148 Å². The average molecular weight is 343 g/mol. The number of anilines is 1. The number of aldehydes is 1. The first kappa shape index (κ1) is 20.2. The molecule has 6 heteroatoms. The highest BCUT2D eigenvalue weighted by molar-refractivity contribution is 5.93. The van der Waals surface area contributed by atoms with E-state index in [1.807, 2.05) is 0 Å². The van der Waals surface area contributed by atoms with Crippen molar-refractivity contribution in [3.8, 4) is 5.75 Å². The number of hydrazine groups is 1. The predicted octanol–water partition coefficient (Wildman–Crippen LogP) is 2.81. The van der Waals surface area contributed by atoms with E-state index in [1.165, 1.54) is 0 Å². The van der Waals surface area contributed by atoms with Crippen molar-refractivity contribution in [2.45, 2.75) is 19.8 Å². The second-order valence-electron chi connectivity index (χ2n) is 5.18. The summed E-state index contributed by atoms with van der Waals surface area (Å²) < 4.78 is 5.49. The molecule has 2 rings (SSSR count). The second-order valence-corrected chi connectivity index (χ2v) is 5.18. The molecular weight excluding hydrogens is 318 g/mol. The van der Waals surface area contributed by atoms with Crippen LogP contribution in [0.1, 0.15) is 40.5 Å². The summed E-state index contributed by atoms with van der Waals surface area (Å²) in [6.45, 7) is 2.84. The summed E-state index contributed by atoms with van der Waals surface area (Å²) in [7, 11) is 1.65. The van der Waals surface area contributed by atoms with E-state index in [9.17, 15) is 9.59 Å². The fraction of sp³-hybridized carbons (Fsp3) is 0.263. The Morgan fingerprint density at radius 3 is 2.36 bits per heavy atom. The van der Waals surface area contributed by atoms with E-state index in [-0.39, 0.29) is 5.91 Å². The highest BCUT2D eigenvalue weighted by atomic mass is 16.5. The Morgan fingerprint density at radius 1 is 1.16 bits per heavy atom. The lowest BCUT2D eigenvalue weighted by molar-refractivity contribution is 0.0937. The van der Waals surface area contributed by atoms with Gasteiger partial charge in [-0.3, -0.25) is 15.0 Å². The van der Waals surface area contributed by atoms with Crippen LogP contribution in [0.4, 0.5) is 5.69 Å². The van der Waals surface area contributed by atoms with Gasteiger partial charge in [-0.15, -0.1) is 0 Å². The number of nitrogens with two attached hydrogens (primary N) is 1. The van der Waals surface area contributed by atoms with Crippen LogP contribution in [0.25, 0.3) is 0 Å². The maximum Gasteiger partial charge on any atom is 0.265 e. The number of ether oxygens (including phenoxy) is 1. The standard InChI is InChI=1S/C12H18N2O2.C7H7NO/c1-3-4-9-16-11-7-5-10(6-8-11)12(15)14-13-2;8-7-4-2-1-3-6(7)5-9/h5-8,13H,3-4,9H2,1-2H3,(H,14,15);1-5H,8H2. The summed E-state index contributed by atoms with van der Waals surface area (Å²) in [5.41, 5.74) is 12.2. The van der Waals surface area contributed by atoms with Gasteiger partial charge in [0.05, 0.1) is 6.61 Å². The first-order valence-electron chi connectivity index (χ1n) is 8.12. The smallest absolute Gasteiger partial charge is 0.265 e. The summed E-state index contributed by atoms with van der Waals surface area (Å²) in [6, 6.07) is 14.1. The van der Waals surface area contributed by atoms with Crippen LogP contribution in [-0.4, -0.2) is 25.8 Å². The zero-order chi connectivity index (χ0) is 18.5. The Hall–Kier alpha value is -2.86. The second kappa shape index (κ2) is 11.6. The molecule has 0 aliphatic heterocycles. The zero-order valence-corrected chi connectivity index (χ0v) is 14.6. The van der Waals surface area contributed by atoms with Gasteiger partial charge in [0.2, 0.25) is 0 Å². The number of hydrogen-bond donors (Lipinski definition) is 3. The highest BCUT2D eigenvalue weighted by Gasteiger charge is 2.03. The molecular formula is C19H25N3O3. The highest BCUT2D eigenvalue weighted by Crippen LogP contribution is 2.12. The summed E-state index contributed by atoms with van der Waals surface area (Å²) in [4.78, 5) is 21.5. The molecule has 2 aromatic rings. The van der Waals surface area contributed by atoms with Gasteiger partial charge in [-0.1, -0.05) is 25.5 Å². The number of nitrogens with one attached hydrogen (secondary N) is 2. The van der Waals surface area contributed by atoms with Crippen molar-refractivity contribution in [1.29, 1.82) is 0 Å². The first-order valence-corrected chi connectivity index (χ1v) is 8.12. The number of unbranched alkanes of at least 4 members (excludes halogenated alkanes) is 1. The summed E-state index contributed by atoms with van der Waals surface area (Å²) >= 11 is 0. The molecule has 134 valence electrons. The number of carbonyl (C=O) groups excluding carboxylic acids is 2. The minimum Gasteiger partial charge on any atom is -0.494 e. The van der Waals surface area contributed by atoms with Gasteiger partial charge < -0.3 is 10.5 Å². The van der Waals surface area contributed by atoms with Crippen molar-refractivity contribution < 1.29 is 14.3 Å². The summed E-state index contributed by atoms with van der Waals surface area (Å²) in [6.07, 6.45) is 2.90. The van der Waals surface area contributed by atoms with E-state index in [1.54, 1.807) is 55.6 Å². The van der Waals surface area contributed by atoms with Gasteiger partial charge in [-0.05, 0) is 42.8 Å². The normalized spacial score (nSPS) is 9.52. The lowest BCUT2D eigenvalue weighted by atomic mass is 10.2. The minimum atomic E-state index is -0.150. The van der Waals surface area contributed by atoms with Crippen molar-refractivity contribution >= 4 is 17.9 Å². The average Bonchev–Trinajstić information content (AvgIpc) is 2.64. The van der Waals surface area contributed by atoms with E-state index < -0.39 is 0 Å². The molecule has 0 atom stereocenters. The molecule has 0 saturated heterocycles. The number of benzene rings is 2. The van der Waals surface area contributed by atoms with Crippen LogP contribution in [0, 0.1) is 0 Å².